The van der Waals surface area contributed by atoms with Gasteiger partial charge in [0.25, 0.3) is 5.91 Å². The number of benzene rings is 2. The number of methoxy groups -OCH3 is 1. The number of amides is 1. The number of nitrogens with one attached hydrogen (secondary N) is 2. The number of hydrogen-bond acceptors (Lipinski definition) is 4. The molecule has 0 bridgehead atoms. The fourth-order valence-corrected chi connectivity index (χ4v) is 3.63. The number of anilines is 1. The highest BCUT2D eigenvalue weighted by Gasteiger charge is 2.24. The van der Waals surface area contributed by atoms with E-state index < -0.39 is 5.82 Å². The van der Waals surface area contributed by atoms with Crippen molar-refractivity contribution in [3.8, 4) is 17.0 Å². The van der Waals surface area contributed by atoms with Gasteiger partial charge in [0.1, 0.15) is 5.82 Å². The van der Waals surface area contributed by atoms with Crippen molar-refractivity contribution in [2.75, 3.05) is 25.1 Å². The third kappa shape index (κ3) is 4.27. The fourth-order valence-electron chi connectivity index (χ4n) is 3.63. The molecular formula is C22H22F2N4O2. The molecule has 3 aromatic rings. The van der Waals surface area contributed by atoms with Crippen LogP contribution < -0.4 is 15.0 Å². The molecule has 4 rings (SSSR count). The Morgan fingerprint density at radius 3 is 2.73 bits per heavy atom. The summed E-state index contributed by atoms with van der Waals surface area (Å²) in [5.41, 5.74) is 1.90. The second kappa shape index (κ2) is 8.52. The number of carbonyl (C=O) groups is 1. The van der Waals surface area contributed by atoms with Gasteiger partial charge in [0.2, 0.25) is 0 Å². The summed E-state index contributed by atoms with van der Waals surface area (Å²) in [6, 6.07) is 12.2. The quantitative estimate of drug-likeness (QED) is 0.670. The molecule has 0 spiro atoms. The van der Waals surface area contributed by atoms with Crippen LogP contribution in [-0.4, -0.2) is 42.3 Å². The molecule has 0 saturated carbocycles. The van der Waals surface area contributed by atoms with Gasteiger partial charge < -0.3 is 15.0 Å². The zero-order valence-electron chi connectivity index (χ0n) is 16.5. The van der Waals surface area contributed by atoms with Gasteiger partial charge in [0, 0.05) is 30.8 Å². The SMILES string of the molecule is COc1ccc(C(=O)N[C@H]2CCCN(c3cc(-c4ccc(F)cc4)[nH]n3)C2)cc1F. The number of ether oxygens (including phenoxy) is 1. The van der Waals surface area contributed by atoms with E-state index in [9.17, 15) is 13.6 Å². The van der Waals surface area contributed by atoms with Gasteiger partial charge in [-0.3, -0.25) is 9.89 Å². The predicted molar refractivity (Wildman–Crippen MR) is 110 cm³/mol. The minimum Gasteiger partial charge on any atom is -0.494 e. The maximum Gasteiger partial charge on any atom is 0.251 e. The Morgan fingerprint density at radius 2 is 2.00 bits per heavy atom. The minimum absolute atomic E-state index is 0.0811. The molecule has 1 aliphatic rings. The van der Waals surface area contributed by atoms with Crippen LogP contribution in [0.15, 0.2) is 48.5 Å². The Morgan fingerprint density at radius 1 is 1.20 bits per heavy atom. The first kappa shape index (κ1) is 19.9. The highest BCUT2D eigenvalue weighted by Crippen LogP contribution is 2.25. The van der Waals surface area contributed by atoms with Crippen LogP contribution in [0.5, 0.6) is 5.75 Å². The molecule has 0 unspecified atom stereocenters. The topological polar surface area (TPSA) is 70.2 Å². The van der Waals surface area contributed by atoms with Crippen LogP contribution in [0.4, 0.5) is 14.6 Å². The van der Waals surface area contributed by atoms with E-state index in [4.69, 9.17) is 4.74 Å². The van der Waals surface area contributed by atoms with Gasteiger partial charge in [-0.25, -0.2) is 8.78 Å². The van der Waals surface area contributed by atoms with Crippen molar-refractivity contribution in [1.29, 1.82) is 0 Å². The van der Waals surface area contributed by atoms with E-state index in [1.54, 1.807) is 18.2 Å². The first-order valence-electron chi connectivity index (χ1n) is 9.74. The standard InChI is InChI=1S/C22H22F2N4O2/c1-30-20-9-6-15(11-18(20)24)22(29)25-17-3-2-10-28(13-17)21-12-19(26-27-21)14-4-7-16(23)8-5-14/h4-9,11-12,17H,2-3,10,13H2,1H3,(H,25,29)(H,26,27)/t17-/m0/s1. The lowest BCUT2D eigenvalue weighted by Gasteiger charge is -2.33. The second-order valence-corrected chi connectivity index (χ2v) is 7.25. The Labute approximate surface area is 172 Å². The maximum absolute atomic E-state index is 13.9. The first-order chi connectivity index (χ1) is 14.5. The van der Waals surface area contributed by atoms with Crippen LogP contribution in [0.2, 0.25) is 0 Å². The largest absolute Gasteiger partial charge is 0.494 e. The van der Waals surface area contributed by atoms with E-state index in [1.165, 1.54) is 31.4 Å². The van der Waals surface area contributed by atoms with Crippen LogP contribution in [0, 0.1) is 11.6 Å². The third-order valence-corrected chi connectivity index (χ3v) is 5.21. The van der Waals surface area contributed by atoms with Crippen molar-refractivity contribution in [2.45, 2.75) is 18.9 Å². The highest BCUT2D eigenvalue weighted by atomic mass is 19.1. The maximum atomic E-state index is 13.9. The molecular weight excluding hydrogens is 390 g/mol. The Hall–Kier alpha value is -3.42. The summed E-state index contributed by atoms with van der Waals surface area (Å²) in [6.45, 7) is 1.41. The van der Waals surface area contributed by atoms with Gasteiger partial charge in [-0.05, 0) is 60.9 Å². The predicted octanol–water partition coefficient (Wildman–Crippen LogP) is 3.76. The van der Waals surface area contributed by atoms with E-state index in [0.717, 1.165) is 36.5 Å². The molecule has 1 amide bonds. The second-order valence-electron chi connectivity index (χ2n) is 7.25. The molecule has 1 aliphatic heterocycles. The number of carbonyl (C=O) groups excluding carboxylic acids is 1. The fraction of sp³-hybridized carbons (Fsp3) is 0.273. The number of piperidine rings is 1. The molecule has 2 heterocycles. The molecule has 30 heavy (non-hydrogen) atoms. The van der Waals surface area contributed by atoms with Crippen molar-refractivity contribution < 1.29 is 18.3 Å². The van der Waals surface area contributed by atoms with Crippen molar-refractivity contribution in [1.82, 2.24) is 15.5 Å². The summed E-state index contributed by atoms with van der Waals surface area (Å²) < 4.78 is 31.9. The molecule has 0 aliphatic carbocycles. The van der Waals surface area contributed by atoms with Gasteiger partial charge in [-0.2, -0.15) is 5.10 Å². The number of halogens is 2. The summed E-state index contributed by atoms with van der Waals surface area (Å²) in [5.74, 6) is -0.308. The Balaban J connectivity index is 1.41. The molecule has 1 aromatic heterocycles. The van der Waals surface area contributed by atoms with Gasteiger partial charge in [0.15, 0.2) is 17.4 Å². The third-order valence-electron chi connectivity index (χ3n) is 5.21. The number of rotatable bonds is 5. The average Bonchev–Trinajstić information content (AvgIpc) is 3.25. The number of H-pyrrole nitrogens is 1. The van der Waals surface area contributed by atoms with Gasteiger partial charge in [0.05, 0.1) is 12.8 Å². The molecule has 6 nitrogen and oxygen atoms in total. The average molecular weight is 412 g/mol. The summed E-state index contributed by atoms with van der Waals surface area (Å²) in [7, 11) is 1.38. The van der Waals surface area contributed by atoms with E-state index in [-0.39, 0.29) is 29.1 Å². The summed E-state index contributed by atoms with van der Waals surface area (Å²) in [6.07, 6.45) is 1.72. The summed E-state index contributed by atoms with van der Waals surface area (Å²) >= 11 is 0. The normalized spacial score (nSPS) is 16.4. The molecule has 156 valence electrons. The van der Waals surface area contributed by atoms with E-state index in [1.807, 2.05) is 6.07 Å². The zero-order valence-corrected chi connectivity index (χ0v) is 16.5. The molecule has 8 heteroatoms. The van der Waals surface area contributed by atoms with Crippen molar-refractivity contribution in [3.63, 3.8) is 0 Å². The van der Waals surface area contributed by atoms with Crippen LogP contribution in [0.3, 0.4) is 0 Å². The van der Waals surface area contributed by atoms with Crippen molar-refractivity contribution in [2.24, 2.45) is 0 Å². The van der Waals surface area contributed by atoms with Crippen molar-refractivity contribution >= 4 is 11.7 Å². The number of nitrogens with zero attached hydrogens (tertiary/aromatic N) is 2. The number of aromatic amines is 1. The van der Waals surface area contributed by atoms with Crippen LogP contribution in [0.25, 0.3) is 11.3 Å². The van der Waals surface area contributed by atoms with Gasteiger partial charge in [-0.15, -0.1) is 0 Å². The molecule has 1 saturated heterocycles. The van der Waals surface area contributed by atoms with Gasteiger partial charge >= 0.3 is 0 Å². The van der Waals surface area contributed by atoms with Crippen molar-refractivity contribution in [3.05, 3.63) is 65.7 Å². The first-order valence-corrected chi connectivity index (χ1v) is 9.74. The molecule has 2 N–H and O–H groups in total. The summed E-state index contributed by atoms with van der Waals surface area (Å²) in [4.78, 5) is 14.6. The molecule has 2 aromatic carbocycles. The van der Waals surface area contributed by atoms with Crippen LogP contribution in [-0.2, 0) is 0 Å². The molecule has 0 radical (unpaired) electrons. The number of hydrogen-bond donors (Lipinski definition) is 2. The van der Waals surface area contributed by atoms with Crippen LogP contribution in [0.1, 0.15) is 23.2 Å². The van der Waals surface area contributed by atoms with E-state index in [0.29, 0.717) is 6.54 Å². The van der Waals surface area contributed by atoms with Gasteiger partial charge in [-0.1, -0.05) is 0 Å². The lowest BCUT2D eigenvalue weighted by Crippen LogP contribution is -2.48. The van der Waals surface area contributed by atoms with E-state index >= 15 is 0 Å². The Kier molecular flexibility index (Phi) is 5.65. The zero-order chi connectivity index (χ0) is 21.1. The number of aromatic nitrogens is 2. The van der Waals surface area contributed by atoms with Crippen LogP contribution >= 0.6 is 0 Å². The Bertz CT molecular complexity index is 1040. The smallest absolute Gasteiger partial charge is 0.251 e. The summed E-state index contributed by atoms with van der Waals surface area (Å²) in [5, 5.41) is 10.3. The molecule has 1 atom stereocenters. The minimum atomic E-state index is -0.569. The monoisotopic (exact) mass is 412 g/mol. The lowest BCUT2D eigenvalue weighted by atomic mass is 10.0. The molecule has 1 fully saturated rings. The highest BCUT2D eigenvalue weighted by molar-refractivity contribution is 5.94. The van der Waals surface area contributed by atoms with E-state index in [2.05, 4.69) is 20.4 Å². The lowest BCUT2D eigenvalue weighted by molar-refractivity contribution is 0.0932.